The summed E-state index contributed by atoms with van der Waals surface area (Å²) in [5, 5.41) is 1.97. The van der Waals surface area contributed by atoms with Crippen LogP contribution in [0.15, 0.2) is 35.7 Å². The SMILES string of the molecule is CCCCCc1nc2ccccc2n1-c1csc(C(N)=O)c1. The smallest absolute Gasteiger partial charge is 0.258 e. The van der Waals surface area contributed by atoms with Crippen molar-refractivity contribution in [2.75, 3.05) is 0 Å². The minimum absolute atomic E-state index is 0.381. The van der Waals surface area contributed by atoms with Crippen molar-refractivity contribution in [3.63, 3.8) is 0 Å². The number of hydrogen-bond donors (Lipinski definition) is 1. The lowest BCUT2D eigenvalue weighted by molar-refractivity contribution is 0.100. The van der Waals surface area contributed by atoms with Crippen molar-refractivity contribution in [1.82, 2.24) is 9.55 Å². The molecule has 0 spiro atoms. The fourth-order valence-corrected chi connectivity index (χ4v) is 3.36. The van der Waals surface area contributed by atoms with Gasteiger partial charge in [-0.2, -0.15) is 0 Å². The minimum Gasteiger partial charge on any atom is -0.365 e. The van der Waals surface area contributed by atoms with Crippen molar-refractivity contribution >= 4 is 28.3 Å². The van der Waals surface area contributed by atoms with E-state index in [1.165, 1.54) is 24.2 Å². The third-order valence-corrected chi connectivity index (χ3v) is 4.65. The molecular formula is C17H19N3OS. The zero-order chi connectivity index (χ0) is 15.5. The quantitative estimate of drug-likeness (QED) is 0.701. The Kier molecular flexibility index (Phi) is 4.24. The van der Waals surface area contributed by atoms with Gasteiger partial charge in [0, 0.05) is 11.8 Å². The first-order valence-corrected chi connectivity index (χ1v) is 8.43. The number of aromatic nitrogens is 2. The van der Waals surface area contributed by atoms with Gasteiger partial charge in [-0.3, -0.25) is 9.36 Å². The Morgan fingerprint density at radius 3 is 2.86 bits per heavy atom. The number of fused-ring (bicyclic) bond motifs is 1. The summed E-state index contributed by atoms with van der Waals surface area (Å²) in [6.45, 7) is 2.20. The lowest BCUT2D eigenvalue weighted by Crippen LogP contribution is -2.08. The molecule has 0 fully saturated rings. The maximum Gasteiger partial charge on any atom is 0.258 e. The fraction of sp³-hybridized carbons (Fsp3) is 0.294. The number of carbonyl (C=O) groups is 1. The van der Waals surface area contributed by atoms with Crippen LogP contribution in [0.3, 0.4) is 0 Å². The first-order chi connectivity index (χ1) is 10.7. The van der Waals surface area contributed by atoms with Gasteiger partial charge in [0.05, 0.1) is 21.6 Å². The predicted octanol–water partition coefficient (Wildman–Crippen LogP) is 3.92. The number of benzene rings is 1. The zero-order valence-electron chi connectivity index (χ0n) is 12.6. The molecule has 3 aromatic rings. The Morgan fingerprint density at radius 1 is 1.32 bits per heavy atom. The molecule has 0 aliphatic rings. The monoisotopic (exact) mass is 313 g/mol. The van der Waals surface area contributed by atoms with E-state index < -0.39 is 0 Å². The molecule has 5 heteroatoms. The van der Waals surface area contributed by atoms with E-state index >= 15 is 0 Å². The first-order valence-electron chi connectivity index (χ1n) is 7.55. The number of unbranched alkanes of at least 4 members (excludes halogenated alkanes) is 2. The molecule has 2 N–H and O–H groups in total. The topological polar surface area (TPSA) is 60.9 Å². The summed E-state index contributed by atoms with van der Waals surface area (Å²) in [5.74, 6) is 0.664. The largest absolute Gasteiger partial charge is 0.365 e. The Balaban J connectivity index is 2.07. The number of thiophene rings is 1. The lowest BCUT2D eigenvalue weighted by atomic mass is 10.2. The van der Waals surface area contributed by atoms with E-state index in [1.807, 2.05) is 29.6 Å². The molecule has 2 heterocycles. The van der Waals surface area contributed by atoms with Crippen molar-refractivity contribution in [1.29, 1.82) is 0 Å². The second-order valence-corrected chi connectivity index (χ2v) is 6.25. The first kappa shape index (κ1) is 14.8. The van der Waals surface area contributed by atoms with Gasteiger partial charge in [0.1, 0.15) is 5.82 Å². The number of imidazole rings is 1. The van der Waals surface area contributed by atoms with Crippen molar-refractivity contribution in [3.8, 4) is 5.69 Å². The summed E-state index contributed by atoms with van der Waals surface area (Å²) in [4.78, 5) is 16.7. The number of nitrogens with zero attached hydrogens (tertiary/aromatic N) is 2. The van der Waals surface area contributed by atoms with Gasteiger partial charge in [-0.15, -0.1) is 11.3 Å². The lowest BCUT2D eigenvalue weighted by Gasteiger charge is -2.06. The van der Waals surface area contributed by atoms with Crippen LogP contribution in [0.2, 0.25) is 0 Å². The Bertz CT molecular complexity index is 803. The summed E-state index contributed by atoms with van der Waals surface area (Å²) in [7, 11) is 0. The molecule has 0 saturated carbocycles. The molecule has 0 aliphatic carbocycles. The zero-order valence-corrected chi connectivity index (χ0v) is 13.4. The van der Waals surface area contributed by atoms with Crippen molar-refractivity contribution in [3.05, 3.63) is 46.4 Å². The highest BCUT2D eigenvalue weighted by Crippen LogP contribution is 2.26. The predicted molar refractivity (Wildman–Crippen MR) is 90.7 cm³/mol. The van der Waals surface area contributed by atoms with Gasteiger partial charge in [-0.1, -0.05) is 31.9 Å². The van der Waals surface area contributed by atoms with Gasteiger partial charge in [-0.05, 0) is 24.6 Å². The maximum absolute atomic E-state index is 11.4. The average Bonchev–Trinajstić information content (AvgIpc) is 3.11. The van der Waals surface area contributed by atoms with E-state index in [1.54, 1.807) is 0 Å². The number of rotatable bonds is 6. The molecule has 0 radical (unpaired) electrons. The van der Waals surface area contributed by atoms with Crippen molar-refractivity contribution in [2.24, 2.45) is 5.73 Å². The number of carbonyl (C=O) groups excluding carboxylic acids is 1. The van der Waals surface area contributed by atoms with Crippen LogP contribution >= 0.6 is 11.3 Å². The fourth-order valence-electron chi connectivity index (χ4n) is 2.64. The summed E-state index contributed by atoms with van der Waals surface area (Å²) in [6, 6.07) is 9.95. The van der Waals surface area contributed by atoms with Crippen molar-refractivity contribution in [2.45, 2.75) is 32.6 Å². The van der Waals surface area contributed by atoms with E-state index in [0.717, 1.165) is 35.4 Å². The number of amides is 1. The number of primary amides is 1. The van der Waals surface area contributed by atoms with Gasteiger partial charge in [0.25, 0.3) is 5.91 Å². The summed E-state index contributed by atoms with van der Waals surface area (Å²) >= 11 is 1.38. The van der Waals surface area contributed by atoms with Crippen LogP contribution in [0, 0.1) is 0 Å². The molecule has 22 heavy (non-hydrogen) atoms. The van der Waals surface area contributed by atoms with Crippen LogP contribution in [-0.4, -0.2) is 15.5 Å². The highest BCUT2D eigenvalue weighted by Gasteiger charge is 2.14. The Hall–Kier alpha value is -2.14. The summed E-state index contributed by atoms with van der Waals surface area (Å²) < 4.78 is 2.15. The number of para-hydroxylation sites is 2. The highest BCUT2D eigenvalue weighted by atomic mass is 32.1. The van der Waals surface area contributed by atoms with Crippen LogP contribution in [0.25, 0.3) is 16.7 Å². The molecule has 0 saturated heterocycles. The minimum atomic E-state index is -0.381. The Morgan fingerprint density at radius 2 is 2.14 bits per heavy atom. The number of hydrogen-bond acceptors (Lipinski definition) is 3. The van der Waals surface area contributed by atoms with E-state index in [2.05, 4.69) is 17.6 Å². The van der Waals surface area contributed by atoms with Crippen LogP contribution in [0.1, 0.15) is 41.7 Å². The van der Waals surface area contributed by atoms with Crippen LogP contribution in [0.5, 0.6) is 0 Å². The standard InChI is InChI=1S/C17H19N3OS/c1-2-3-4-9-16-19-13-7-5-6-8-14(13)20(16)12-10-15(17(18)21)22-11-12/h5-8,10-11H,2-4,9H2,1H3,(H2,18,21). The van der Waals surface area contributed by atoms with E-state index in [9.17, 15) is 4.79 Å². The van der Waals surface area contributed by atoms with Gasteiger partial charge in [-0.25, -0.2) is 4.98 Å². The van der Waals surface area contributed by atoms with Gasteiger partial charge in [0.15, 0.2) is 0 Å². The molecule has 3 rings (SSSR count). The second-order valence-electron chi connectivity index (χ2n) is 5.34. The molecule has 4 nitrogen and oxygen atoms in total. The van der Waals surface area contributed by atoms with E-state index in [4.69, 9.17) is 10.7 Å². The molecule has 0 bridgehead atoms. The molecule has 114 valence electrons. The summed E-state index contributed by atoms with van der Waals surface area (Å²) in [5.41, 5.74) is 8.41. The molecule has 0 aliphatic heterocycles. The number of aryl methyl sites for hydroxylation is 1. The molecule has 1 aromatic carbocycles. The molecule has 2 aromatic heterocycles. The van der Waals surface area contributed by atoms with E-state index in [0.29, 0.717) is 4.88 Å². The third kappa shape index (κ3) is 2.76. The highest BCUT2D eigenvalue weighted by molar-refractivity contribution is 7.12. The normalized spacial score (nSPS) is 11.1. The van der Waals surface area contributed by atoms with Gasteiger partial charge < -0.3 is 5.73 Å². The molecular weight excluding hydrogens is 294 g/mol. The van der Waals surface area contributed by atoms with Crippen LogP contribution in [0.4, 0.5) is 0 Å². The average molecular weight is 313 g/mol. The molecule has 1 amide bonds. The Labute approximate surface area is 133 Å². The molecule has 0 atom stereocenters. The molecule has 0 unspecified atom stereocenters. The summed E-state index contributed by atoms with van der Waals surface area (Å²) in [6.07, 6.45) is 4.43. The second kappa shape index (κ2) is 6.32. The maximum atomic E-state index is 11.4. The van der Waals surface area contributed by atoms with E-state index in [-0.39, 0.29) is 5.91 Å². The van der Waals surface area contributed by atoms with Crippen LogP contribution < -0.4 is 5.73 Å². The van der Waals surface area contributed by atoms with Crippen LogP contribution in [-0.2, 0) is 6.42 Å². The number of nitrogens with two attached hydrogens (primary N) is 1. The third-order valence-electron chi connectivity index (χ3n) is 3.72. The van der Waals surface area contributed by atoms with Crippen molar-refractivity contribution < 1.29 is 4.79 Å². The van der Waals surface area contributed by atoms with Gasteiger partial charge in [0.2, 0.25) is 0 Å². The van der Waals surface area contributed by atoms with Gasteiger partial charge >= 0.3 is 0 Å².